The Morgan fingerprint density at radius 2 is 1.78 bits per heavy atom. The molecule has 0 aliphatic carbocycles. The van der Waals surface area contributed by atoms with Crippen LogP contribution in [0.5, 0.6) is 0 Å². The van der Waals surface area contributed by atoms with Gasteiger partial charge in [-0.15, -0.1) is 0 Å². The second kappa shape index (κ2) is 10.3. The van der Waals surface area contributed by atoms with E-state index in [9.17, 15) is 14.0 Å². The van der Waals surface area contributed by atoms with Crippen LogP contribution in [0, 0.1) is 12.7 Å². The highest BCUT2D eigenvalue weighted by Crippen LogP contribution is 2.34. The van der Waals surface area contributed by atoms with Crippen LogP contribution >= 0.6 is 11.6 Å². The molecule has 0 spiro atoms. The smallest absolute Gasteiger partial charge is 0.410 e. The van der Waals surface area contributed by atoms with Crippen LogP contribution in [0.25, 0.3) is 5.69 Å². The molecule has 7 nitrogen and oxygen atoms in total. The standard InChI is InChI=1S/C27H30ClFN4O3/c1-17-5-10-21(15-23(17)28)33-24(18-11-13-32(14-12-18)26(35)36-27(2,3)4)22(16-30-33)25(34)31-20-8-6-19(29)7-9-20/h5-10,15-16,18H,11-14H2,1-4H3,(H,31,34). The Balaban J connectivity index is 1.63. The number of carbonyl (C=O) groups is 2. The van der Waals surface area contributed by atoms with Crippen LogP contribution in [0.15, 0.2) is 48.7 Å². The van der Waals surface area contributed by atoms with Crippen molar-refractivity contribution in [1.29, 1.82) is 0 Å². The van der Waals surface area contributed by atoms with Crippen LogP contribution in [0.3, 0.4) is 0 Å². The topological polar surface area (TPSA) is 76.5 Å². The van der Waals surface area contributed by atoms with Crippen LogP contribution in [0.4, 0.5) is 14.9 Å². The molecule has 9 heteroatoms. The maximum absolute atomic E-state index is 13.3. The first-order valence-corrected chi connectivity index (χ1v) is 12.3. The predicted octanol–water partition coefficient (Wildman–Crippen LogP) is 6.34. The van der Waals surface area contributed by atoms with Gasteiger partial charge in [0.1, 0.15) is 11.4 Å². The Hall–Kier alpha value is -3.39. The Labute approximate surface area is 215 Å². The first-order valence-electron chi connectivity index (χ1n) is 11.9. The summed E-state index contributed by atoms with van der Waals surface area (Å²) in [6.45, 7) is 8.44. The van der Waals surface area contributed by atoms with E-state index in [0.29, 0.717) is 42.2 Å². The normalized spacial score (nSPS) is 14.6. The number of anilines is 1. The van der Waals surface area contributed by atoms with E-state index in [1.807, 2.05) is 45.9 Å². The number of carbonyl (C=O) groups excluding carboxylic acids is 2. The highest BCUT2D eigenvalue weighted by atomic mass is 35.5. The Kier molecular flexibility index (Phi) is 7.36. The largest absolute Gasteiger partial charge is 0.444 e. The molecular weight excluding hydrogens is 483 g/mol. The minimum Gasteiger partial charge on any atom is -0.444 e. The number of aromatic nitrogens is 2. The summed E-state index contributed by atoms with van der Waals surface area (Å²) >= 11 is 6.39. The first-order chi connectivity index (χ1) is 17.0. The summed E-state index contributed by atoms with van der Waals surface area (Å²) < 4.78 is 20.6. The average molecular weight is 513 g/mol. The number of piperidine rings is 1. The molecule has 3 aromatic rings. The number of halogens is 2. The fourth-order valence-corrected chi connectivity index (χ4v) is 4.41. The number of aryl methyl sites for hydroxylation is 1. The second-order valence-corrected chi connectivity index (χ2v) is 10.4. The molecule has 1 fully saturated rings. The number of benzene rings is 2. The van der Waals surface area contributed by atoms with Crippen molar-refractivity contribution < 1.29 is 18.7 Å². The van der Waals surface area contributed by atoms with Crippen molar-refractivity contribution in [3.05, 3.63) is 76.3 Å². The highest BCUT2D eigenvalue weighted by molar-refractivity contribution is 6.31. The summed E-state index contributed by atoms with van der Waals surface area (Å²) in [5, 5.41) is 7.98. The zero-order chi connectivity index (χ0) is 26.0. The van der Waals surface area contributed by atoms with Crippen LogP contribution in [-0.2, 0) is 4.74 Å². The molecule has 1 N–H and O–H groups in total. The minimum atomic E-state index is -0.567. The molecular formula is C27H30ClFN4O3. The van der Waals surface area contributed by atoms with E-state index in [1.54, 1.807) is 15.8 Å². The summed E-state index contributed by atoms with van der Waals surface area (Å²) in [7, 11) is 0. The number of nitrogens with zero attached hydrogens (tertiary/aromatic N) is 3. The zero-order valence-electron chi connectivity index (χ0n) is 20.8. The van der Waals surface area contributed by atoms with Gasteiger partial charge in [-0.1, -0.05) is 17.7 Å². The van der Waals surface area contributed by atoms with Crippen LogP contribution in [0.2, 0.25) is 5.02 Å². The molecule has 2 amide bonds. The lowest BCUT2D eigenvalue weighted by molar-refractivity contribution is 0.0203. The molecule has 1 aromatic heterocycles. The average Bonchev–Trinajstić information content (AvgIpc) is 3.27. The van der Waals surface area contributed by atoms with Gasteiger partial charge in [0.05, 0.1) is 23.1 Å². The van der Waals surface area contributed by atoms with Crippen molar-refractivity contribution in [3.8, 4) is 5.69 Å². The van der Waals surface area contributed by atoms with Crippen LogP contribution in [0.1, 0.15) is 61.1 Å². The summed E-state index contributed by atoms with van der Waals surface area (Å²) in [4.78, 5) is 27.5. The number of rotatable bonds is 4. The Morgan fingerprint density at radius 1 is 1.11 bits per heavy atom. The van der Waals surface area contributed by atoms with E-state index in [2.05, 4.69) is 10.4 Å². The third-order valence-corrected chi connectivity index (χ3v) is 6.49. The molecule has 2 aromatic carbocycles. The third kappa shape index (κ3) is 5.87. The second-order valence-electron chi connectivity index (χ2n) is 9.99. The zero-order valence-corrected chi connectivity index (χ0v) is 21.6. The molecule has 0 radical (unpaired) electrons. The Bertz CT molecular complexity index is 1260. The lowest BCUT2D eigenvalue weighted by atomic mass is 9.90. The van der Waals surface area contributed by atoms with Crippen LogP contribution in [-0.4, -0.2) is 45.4 Å². The molecule has 4 rings (SSSR count). The maximum atomic E-state index is 13.3. The maximum Gasteiger partial charge on any atom is 0.410 e. The van der Waals surface area contributed by atoms with Gasteiger partial charge < -0.3 is 15.0 Å². The van der Waals surface area contributed by atoms with Gasteiger partial charge in [0.15, 0.2) is 0 Å². The molecule has 0 saturated carbocycles. The summed E-state index contributed by atoms with van der Waals surface area (Å²) in [6.07, 6.45) is 2.49. The molecule has 2 heterocycles. The molecule has 0 bridgehead atoms. The number of likely N-dealkylation sites (tertiary alicyclic amines) is 1. The fraction of sp³-hybridized carbons (Fsp3) is 0.370. The van der Waals surface area contributed by atoms with E-state index in [0.717, 1.165) is 16.9 Å². The van der Waals surface area contributed by atoms with Gasteiger partial charge in [-0.25, -0.2) is 13.9 Å². The minimum absolute atomic E-state index is 0.0276. The van der Waals surface area contributed by atoms with Crippen molar-refractivity contribution in [2.75, 3.05) is 18.4 Å². The molecule has 36 heavy (non-hydrogen) atoms. The van der Waals surface area contributed by atoms with Crippen molar-refractivity contribution in [2.24, 2.45) is 0 Å². The van der Waals surface area contributed by atoms with Crippen molar-refractivity contribution in [1.82, 2.24) is 14.7 Å². The van der Waals surface area contributed by atoms with E-state index in [-0.39, 0.29) is 23.7 Å². The van der Waals surface area contributed by atoms with Gasteiger partial charge in [-0.3, -0.25) is 4.79 Å². The van der Waals surface area contributed by atoms with Crippen molar-refractivity contribution in [2.45, 2.75) is 52.1 Å². The quantitative estimate of drug-likeness (QED) is 0.442. The van der Waals surface area contributed by atoms with E-state index in [1.165, 1.54) is 24.3 Å². The number of nitrogens with one attached hydrogen (secondary N) is 1. The van der Waals surface area contributed by atoms with Gasteiger partial charge in [0.25, 0.3) is 5.91 Å². The van der Waals surface area contributed by atoms with Gasteiger partial charge in [0.2, 0.25) is 0 Å². The van der Waals surface area contributed by atoms with E-state index < -0.39 is 5.60 Å². The highest BCUT2D eigenvalue weighted by Gasteiger charge is 2.32. The number of hydrogen-bond donors (Lipinski definition) is 1. The summed E-state index contributed by atoms with van der Waals surface area (Å²) in [6, 6.07) is 11.3. The van der Waals surface area contributed by atoms with Gasteiger partial charge >= 0.3 is 6.09 Å². The first kappa shape index (κ1) is 25.7. The molecule has 0 unspecified atom stereocenters. The lowest BCUT2D eigenvalue weighted by Crippen LogP contribution is -2.41. The molecule has 190 valence electrons. The SMILES string of the molecule is Cc1ccc(-n2ncc(C(=O)Nc3ccc(F)cc3)c2C2CCN(C(=O)OC(C)(C)C)CC2)cc1Cl. The predicted molar refractivity (Wildman–Crippen MR) is 137 cm³/mol. The lowest BCUT2D eigenvalue weighted by Gasteiger charge is -2.34. The van der Waals surface area contributed by atoms with Gasteiger partial charge in [-0.05, 0) is 82.5 Å². The molecule has 1 saturated heterocycles. The summed E-state index contributed by atoms with van der Waals surface area (Å²) in [5.74, 6) is -0.745. The molecule has 1 aliphatic heterocycles. The summed E-state index contributed by atoms with van der Waals surface area (Å²) in [5.41, 5.74) is 2.77. The van der Waals surface area contributed by atoms with Crippen LogP contribution < -0.4 is 5.32 Å². The van der Waals surface area contributed by atoms with E-state index in [4.69, 9.17) is 16.3 Å². The van der Waals surface area contributed by atoms with Crippen molar-refractivity contribution in [3.63, 3.8) is 0 Å². The monoisotopic (exact) mass is 512 g/mol. The molecule has 0 atom stereocenters. The number of hydrogen-bond acceptors (Lipinski definition) is 4. The third-order valence-electron chi connectivity index (χ3n) is 6.09. The number of amides is 2. The van der Waals surface area contributed by atoms with E-state index >= 15 is 0 Å². The van der Waals surface area contributed by atoms with Crippen molar-refractivity contribution >= 4 is 29.3 Å². The fourth-order valence-electron chi connectivity index (χ4n) is 4.24. The Morgan fingerprint density at radius 3 is 2.39 bits per heavy atom. The molecule has 1 aliphatic rings. The number of ether oxygens (including phenoxy) is 1. The van der Waals surface area contributed by atoms with Gasteiger partial charge in [0, 0.05) is 29.7 Å². The van der Waals surface area contributed by atoms with Gasteiger partial charge in [-0.2, -0.15) is 5.10 Å².